The van der Waals surface area contributed by atoms with Gasteiger partial charge in [0.2, 0.25) is 0 Å². The van der Waals surface area contributed by atoms with E-state index in [0.717, 1.165) is 5.56 Å². The van der Waals surface area contributed by atoms with Gasteiger partial charge in [0.05, 0.1) is 18.9 Å². The summed E-state index contributed by atoms with van der Waals surface area (Å²) in [6.45, 7) is 0.541. The van der Waals surface area contributed by atoms with E-state index < -0.39 is 11.6 Å². The van der Waals surface area contributed by atoms with Crippen LogP contribution in [0, 0.1) is 0 Å². The van der Waals surface area contributed by atoms with Crippen molar-refractivity contribution in [1.29, 1.82) is 0 Å². The molecule has 1 saturated heterocycles. The van der Waals surface area contributed by atoms with Gasteiger partial charge < -0.3 is 20.3 Å². The maximum absolute atomic E-state index is 11.1. The monoisotopic (exact) mass is 321 g/mol. The zero-order chi connectivity index (χ0) is 15.7. The molecule has 1 aliphatic heterocycles. The van der Waals surface area contributed by atoms with Gasteiger partial charge in [-0.15, -0.1) is 10.2 Å². The number of aliphatic hydroxyl groups is 1. The number of carbonyl (C=O) groups is 1. The number of aromatic carboxylic acids is 1. The maximum atomic E-state index is 11.1. The summed E-state index contributed by atoms with van der Waals surface area (Å²) in [5, 5.41) is 29.3. The first-order chi connectivity index (χ1) is 10.5. The highest BCUT2D eigenvalue weighted by Gasteiger charge is 2.37. The number of carboxylic acid groups (broad SMARTS) is 1. The molecule has 0 spiro atoms. The SMILES string of the molecule is O=C(O)c1nnc(Cl)cc1Nc1ccc(C2(O)COC2)cc1. The normalized spacial score (nSPS) is 15.9. The maximum Gasteiger partial charge on any atom is 0.358 e. The number of hydrogen-bond donors (Lipinski definition) is 3. The van der Waals surface area contributed by atoms with Crippen LogP contribution < -0.4 is 5.32 Å². The first-order valence-electron chi connectivity index (χ1n) is 6.42. The number of ether oxygens (including phenoxy) is 1. The van der Waals surface area contributed by atoms with Crippen molar-refractivity contribution in [3.63, 3.8) is 0 Å². The highest BCUT2D eigenvalue weighted by Crippen LogP contribution is 2.30. The van der Waals surface area contributed by atoms with Crippen LogP contribution in [0.15, 0.2) is 30.3 Å². The molecule has 1 fully saturated rings. The van der Waals surface area contributed by atoms with Crippen LogP contribution in [-0.4, -0.2) is 39.6 Å². The second-order valence-corrected chi connectivity index (χ2v) is 5.35. The van der Waals surface area contributed by atoms with E-state index in [0.29, 0.717) is 5.69 Å². The molecule has 3 N–H and O–H groups in total. The lowest BCUT2D eigenvalue weighted by Crippen LogP contribution is -2.46. The van der Waals surface area contributed by atoms with Gasteiger partial charge in [-0.1, -0.05) is 23.7 Å². The summed E-state index contributed by atoms with van der Waals surface area (Å²) >= 11 is 5.75. The van der Waals surface area contributed by atoms with Crippen molar-refractivity contribution in [2.75, 3.05) is 18.5 Å². The number of hydrogen-bond acceptors (Lipinski definition) is 6. The Morgan fingerprint density at radius 2 is 1.95 bits per heavy atom. The average Bonchev–Trinajstić information content (AvgIpc) is 2.45. The molecule has 0 bridgehead atoms. The molecule has 1 aromatic heterocycles. The molecule has 1 aromatic carbocycles. The topological polar surface area (TPSA) is 105 Å². The molecule has 8 heteroatoms. The smallest absolute Gasteiger partial charge is 0.358 e. The molecule has 2 heterocycles. The van der Waals surface area contributed by atoms with Crippen LogP contribution in [0.3, 0.4) is 0 Å². The molecule has 22 heavy (non-hydrogen) atoms. The van der Waals surface area contributed by atoms with Crippen LogP contribution in [0.5, 0.6) is 0 Å². The second kappa shape index (κ2) is 5.53. The van der Waals surface area contributed by atoms with Gasteiger partial charge in [-0.2, -0.15) is 0 Å². The average molecular weight is 322 g/mol. The van der Waals surface area contributed by atoms with Crippen LogP contribution in [-0.2, 0) is 10.3 Å². The predicted molar refractivity (Wildman–Crippen MR) is 78.4 cm³/mol. The predicted octanol–water partition coefficient (Wildman–Crippen LogP) is 1.79. The van der Waals surface area contributed by atoms with E-state index in [1.54, 1.807) is 24.3 Å². The van der Waals surface area contributed by atoms with E-state index >= 15 is 0 Å². The summed E-state index contributed by atoms with van der Waals surface area (Å²) in [6.07, 6.45) is 0. The van der Waals surface area contributed by atoms with Gasteiger partial charge >= 0.3 is 5.97 Å². The van der Waals surface area contributed by atoms with Gasteiger partial charge in [0.15, 0.2) is 10.8 Å². The number of benzene rings is 1. The van der Waals surface area contributed by atoms with E-state index in [1.165, 1.54) is 6.07 Å². The standard InChI is InChI=1S/C14H12ClN3O4/c15-11-5-10(12(13(19)20)18-17-11)16-9-3-1-8(2-4-9)14(21)6-22-7-14/h1-5,21H,6-7H2,(H,16,17)(H,19,20). The van der Waals surface area contributed by atoms with Crippen molar-refractivity contribution in [2.24, 2.45) is 0 Å². The highest BCUT2D eigenvalue weighted by molar-refractivity contribution is 6.29. The molecule has 2 aromatic rings. The third kappa shape index (κ3) is 2.74. The summed E-state index contributed by atoms with van der Waals surface area (Å²) in [4.78, 5) is 11.1. The third-order valence-electron chi connectivity index (χ3n) is 3.35. The van der Waals surface area contributed by atoms with Crippen LogP contribution in [0.25, 0.3) is 0 Å². The number of halogens is 1. The molecular weight excluding hydrogens is 310 g/mol. The Balaban J connectivity index is 1.84. The number of nitrogens with one attached hydrogen (secondary N) is 1. The van der Waals surface area contributed by atoms with Crippen LogP contribution >= 0.6 is 11.6 Å². The number of rotatable bonds is 4. The number of anilines is 2. The minimum Gasteiger partial charge on any atom is -0.476 e. The van der Waals surface area contributed by atoms with Gasteiger partial charge in [-0.3, -0.25) is 0 Å². The zero-order valence-corrected chi connectivity index (χ0v) is 12.0. The van der Waals surface area contributed by atoms with Crippen molar-refractivity contribution in [1.82, 2.24) is 10.2 Å². The minimum absolute atomic E-state index is 0.0880. The fraction of sp³-hybridized carbons (Fsp3) is 0.214. The van der Waals surface area contributed by atoms with Crippen molar-refractivity contribution >= 4 is 28.9 Å². The number of carboxylic acids is 1. The Morgan fingerprint density at radius 1 is 1.27 bits per heavy atom. The molecule has 0 radical (unpaired) electrons. The van der Waals surface area contributed by atoms with E-state index in [1.807, 2.05) is 0 Å². The van der Waals surface area contributed by atoms with Crippen LogP contribution in [0.4, 0.5) is 11.4 Å². The minimum atomic E-state index is -1.20. The molecule has 0 saturated carbocycles. The first kappa shape index (κ1) is 14.7. The molecule has 0 atom stereocenters. The lowest BCUT2D eigenvalue weighted by molar-refractivity contribution is -0.184. The van der Waals surface area contributed by atoms with Gasteiger partial charge in [-0.25, -0.2) is 4.79 Å². The van der Waals surface area contributed by atoms with Gasteiger partial charge in [0, 0.05) is 11.8 Å². The number of nitrogens with zero attached hydrogens (tertiary/aromatic N) is 2. The highest BCUT2D eigenvalue weighted by atomic mass is 35.5. The summed E-state index contributed by atoms with van der Waals surface area (Å²) in [5.41, 5.74) is 0.463. The molecule has 0 aliphatic carbocycles. The van der Waals surface area contributed by atoms with Gasteiger partial charge in [0.1, 0.15) is 5.60 Å². The fourth-order valence-electron chi connectivity index (χ4n) is 2.10. The largest absolute Gasteiger partial charge is 0.476 e. The quantitative estimate of drug-likeness (QED) is 0.788. The molecule has 0 amide bonds. The van der Waals surface area contributed by atoms with Crippen molar-refractivity contribution in [3.8, 4) is 0 Å². The first-order valence-corrected chi connectivity index (χ1v) is 6.80. The fourth-order valence-corrected chi connectivity index (χ4v) is 2.25. The zero-order valence-electron chi connectivity index (χ0n) is 11.3. The van der Waals surface area contributed by atoms with E-state index in [4.69, 9.17) is 21.4 Å². The lowest BCUT2D eigenvalue weighted by Gasteiger charge is -2.36. The summed E-state index contributed by atoms with van der Waals surface area (Å²) in [6, 6.07) is 8.35. The second-order valence-electron chi connectivity index (χ2n) is 4.96. The Kier molecular flexibility index (Phi) is 3.69. The Hall–Kier alpha value is -2.22. The van der Waals surface area contributed by atoms with Crippen LogP contribution in [0.1, 0.15) is 16.1 Å². The molecule has 1 aliphatic rings. The summed E-state index contributed by atoms with van der Waals surface area (Å²) < 4.78 is 5.01. The Morgan fingerprint density at radius 3 is 2.50 bits per heavy atom. The van der Waals surface area contributed by atoms with Gasteiger partial charge in [0.25, 0.3) is 0 Å². The van der Waals surface area contributed by atoms with E-state index in [-0.39, 0.29) is 29.7 Å². The molecular formula is C14H12ClN3O4. The van der Waals surface area contributed by atoms with Crippen molar-refractivity contribution in [2.45, 2.75) is 5.60 Å². The number of aromatic nitrogens is 2. The Bertz CT molecular complexity index is 717. The van der Waals surface area contributed by atoms with E-state index in [9.17, 15) is 9.90 Å². The molecule has 7 nitrogen and oxygen atoms in total. The van der Waals surface area contributed by atoms with Gasteiger partial charge in [-0.05, 0) is 17.7 Å². The molecule has 0 unspecified atom stereocenters. The van der Waals surface area contributed by atoms with Crippen molar-refractivity contribution < 1.29 is 19.7 Å². The summed E-state index contributed by atoms with van der Waals surface area (Å²) in [5.74, 6) is -1.20. The van der Waals surface area contributed by atoms with Crippen molar-refractivity contribution in [3.05, 3.63) is 46.7 Å². The van der Waals surface area contributed by atoms with E-state index in [2.05, 4.69) is 15.5 Å². The third-order valence-corrected chi connectivity index (χ3v) is 3.53. The van der Waals surface area contributed by atoms with Crippen LogP contribution in [0.2, 0.25) is 5.15 Å². The summed E-state index contributed by atoms with van der Waals surface area (Å²) in [7, 11) is 0. The molecule has 114 valence electrons. The lowest BCUT2D eigenvalue weighted by atomic mass is 9.92. The molecule has 3 rings (SSSR count). The Labute approximate surface area is 130 Å².